The Bertz CT molecular complexity index is 452. The van der Waals surface area contributed by atoms with E-state index in [9.17, 15) is 10.1 Å². The van der Waals surface area contributed by atoms with Gasteiger partial charge in [0.05, 0.1) is 23.6 Å². The van der Waals surface area contributed by atoms with Crippen LogP contribution in [0.2, 0.25) is 0 Å². The minimum atomic E-state index is -0.507. The predicted molar refractivity (Wildman–Crippen MR) is 65.7 cm³/mol. The number of rotatable bonds is 5. The van der Waals surface area contributed by atoms with Crippen LogP contribution in [-0.4, -0.2) is 23.1 Å². The second-order valence-corrected chi connectivity index (χ2v) is 3.45. The summed E-state index contributed by atoms with van der Waals surface area (Å²) >= 11 is 0. The van der Waals surface area contributed by atoms with Crippen molar-refractivity contribution < 1.29 is 10.0 Å². The highest BCUT2D eigenvalue weighted by molar-refractivity contribution is 5.56. The lowest BCUT2D eigenvalue weighted by atomic mass is 10.1. The molecular weight excluding hydrogens is 220 g/mol. The summed E-state index contributed by atoms with van der Waals surface area (Å²) < 4.78 is 0. The first-order valence-corrected chi connectivity index (χ1v) is 5.20. The molecule has 5 heteroatoms. The first-order valence-electron chi connectivity index (χ1n) is 5.20. The van der Waals surface area contributed by atoms with E-state index >= 15 is 0 Å². The normalized spacial score (nSPS) is 9.71. The Morgan fingerprint density at radius 1 is 1.59 bits per heavy atom. The molecule has 0 saturated heterocycles. The van der Waals surface area contributed by atoms with Crippen LogP contribution in [-0.2, 0) is 6.61 Å². The lowest BCUT2D eigenvalue weighted by Gasteiger charge is -2.20. The molecule has 0 aromatic heterocycles. The zero-order valence-electron chi connectivity index (χ0n) is 9.59. The third-order valence-corrected chi connectivity index (χ3v) is 2.46. The number of terminal acetylenes is 1. The molecule has 1 aromatic carbocycles. The van der Waals surface area contributed by atoms with Gasteiger partial charge in [-0.05, 0) is 19.1 Å². The van der Waals surface area contributed by atoms with E-state index in [1.165, 1.54) is 6.07 Å². The van der Waals surface area contributed by atoms with E-state index < -0.39 is 4.92 Å². The van der Waals surface area contributed by atoms with Crippen molar-refractivity contribution in [2.75, 3.05) is 18.0 Å². The van der Waals surface area contributed by atoms with Crippen LogP contribution in [0.5, 0.6) is 0 Å². The van der Waals surface area contributed by atoms with Crippen molar-refractivity contribution in [3.8, 4) is 12.3 Å². The molecule has 0 bridgehead atoms. The lowest BCUT2D eigenvalue weighted by Crippen LogP contribution is -2.22. The average molecular weight is 234 g/mol. The second kappa shape index (κ2) is 5.87. The third-order valence-electron chi connectivity index (χ3n) is 2.46. The standard InChI is InChI=1S/C12H14N2O3/c1-3-7-13(4-2)11-5-6-12(14(16)17)10(8-11)9-15/h1,5-6,8,15H,4,7,9H2,2H3. The van der Waals surface area contributed by atoms with E-state index in [4.69, 9.17) is 11.5 Å². The SMILES string of the molecule is C#CCN(CC)c1ccc([N+](=O)[O-])c(CO)c1. The van der Waals surface area contributed by atoms with Crippen molar-refractivity contribution in [3.63, 3.8) is 0 Å². The molecule has 0 saturated carbocycles. The molecule has 1 N–H and O–H groups in total. The topological polar surface area (TPSA) is 66.6 Å². The van der Waals surface area contributed by atoms with E-state index in [1.54, 1.807) is 12.1 Å². The summed E-state index contributed by atoms with van der Waals surface area (Å²) in [5.74, 6) is 2.52. The fourth-order valence-electron chi connectivity index (χ4n) is 1.57. The van der Waals surface area contributed by atoms with Gasteiger partial charge in [-0.3, -0.25) is 10.1 Å². The van der Waals surface area contributed by atoms with Gasteiger partial charge >= 0.3 is 0 Å². The monoisotopic (exact) mass is 234 g/mol. The molecule has 1 aromatic rings. The first-order chi connectivity index (χ1) is 8.13. The van der Waals surface area contributed by atoms with Crippen molar-refractivity contribution in [1.82, 2.24) is 0 Å². The summed E-state index contributed by atoms with van der Waals surface area (Å²) in [6.45, 7) is 2.71. The smallest absolute Gasteiger partial charge is 0.275 e. The molecule has 0 aliphatic heterocycles. The molecule has 0 aliphatic carbocycles. The summed E-state index contributed by atoms with van der Waals surface area (Å²) in [5, 5.41) is 19.8. The molecule has 0 spiro atoms. The van der Waals surface area contributed by atoms with Gasteiger partial charge in [0.1, 0.15) is 0 Å². The average Bonchev–Trinajstić information content (AvgIpc) is 2.34. The maximum Gasteiger partial charge on any atom is 0.275 e. The molecule has 5 nitrogen and oxygen atoms in total. The molecule has 0 aliphatic rings. The van der Waals surface area contributed by atoms with E-state index in [0.29, 0.717) is 18.7 Å². The molecule has 0 amide bonds. The van der Waals surface area contributed by atoms with Crippen LogP contribution in [0.1, 0.15) is 12.5 Å². The summed E-state index contributed by atoms with van der Waals surface area (Å²) in [4.78, 5) is 12.1. The molecule has 1 rings (SSSR count). The molecule has 0 heterocycles. The summed E-state index contributed by atoms with van der Waals surface area (Å²) in [7, 11) is 0. The number of nitro benzene ring substituents is 1. The minimum Gasteiger partial charge on any atom is -0.391 e. The van der Waals surface area contributed by atoms with Crippen LogP contribution < -0.4 is 4.90 Å². The second-order valence-electron chi connectivity index (χ2n) is 3.45. The van der Waals surface area contributed by atoms with Crippen LogP contribution in [0.3, 0.4) is 0 Å². The highest BCUT2D eigenvalue weighted by atomic mass is 16.6. The van der Waals surface area contributed by atoms with E-state index in [-0.39, 0.29) is 12.3 Å². The number of benzene rings is 1. The van der Waals surface area contributed by atoms with Crippen LogP contribution in [0.25, 0.3) is 0 Å². The first kappa shape index (κ1) is 13.0. The zero-order valence-corrected chi connectivity index (χ0v) is 9.59. The van der Waals surface area contributed by atoms with Gasteiger partial charge in [-0.15, -0.1) is 6.42 Å². The molecule has 90 valence electrons. The summed E-state index contributed by atoms with van der Waals surface area (Å²) in [6, 6.07) is 4.62. The summed E-state index contributed by atoms with van der Waals surface area (Å²) in [5.41, 5.74) is 0.996. The molecule has 0 atom stereocenters. The Morgan fingerprint density at radius 2 is 2.29 bits per heavy atom. The Hall–Kier alpha value is -2.06. The number of nitro groups is 1. The van der Waals surface area contributed by atoms with E-state index in [1.807, 2.05) is 11.8 Å². The molecular formula is C12H14N2O3. The molecule has 0 unspecified atom stereocenters. The number of aliphatic hydroxyl groups excluding tert-OH is 1. The summed E-state index contributed by atoms with van der Waals surface area (Å²) in [6.07, 6.45) is 5.24. The zero-order chi connectivity index (χ0) is 12.8. The van der Waals surface area contributed by atoms with Crippen LogP contribution in [0.15, 0.2) is 18.2 Å². The van der Waals surface area contributed by atoms with Crippen LogP contribution >= 0.6 is 0 Å². The Balaban J connectivity index is 3.12. The van der Waals surface area contributed by atoms with E-state index in [2.05, 4.69) is 5.92 Å². The minimum absolute atomic E-state index is 0.0759. The van der Waals surface area contributed by atoms with Gasteiger partial charge in [0, 0.05) is 18.3 Å². The van der Waals surface area contributed by atoms with E-state index in [0.717, 1.165) is 5.69 Å². The number of aliphatic hydroxyl groups is 1. The maximum atomic E-state index is 10.7. The Kier molecular flexibility index (Phi) is 4.49. The van der Waals surface area contributed by atoms with Gasteiger partial charge in [0.2, 0.25) is 0 Å². The number of hydrogen-bond donors (Lipinski definition) is 1. The molecule has 0 fully saturated rings. The van der Waals surface area contributed by atoms with Crippen molar-refractivity contribution in [2.45, 2.75) is 13.5 Å². The Morgan fingerprint density at radius 3 is 2.76 bits per heavy atom. The van der Waals surface area contributed by atoms with Gasteiger partial charge in [-0.25, -0.2) is 0 Å². The van der Waals surface area contributed by atoms with Crippen molar-refractivity contribution >= 4 is 11.4 Å². The predicted octanol–water partition coefficient (Wildman–Crippen LogP) is 1.55. The van der Waals surface area contributed by atoms with Crippen molar-refractivity contribution in [3.05, 3.63) is 33.9 Å². The molecule has 17 heavy (non-hydrogen) atoms. The van der Waals surface area contributed by atoms with Gasteiger partial charge in [-0.2, -0.15) is 0 Å². The fraction of sp³-hybridized carbons (Fsp3) is 0.333. The van der Waals surface area contributed by atoms with Gasteiger partial charge in [0.25, 0.3) is 5.69 Å². The largest absolute Gasteiger partial charge is 0.391 e. The van der Waals surface area contributed by atoms with Gasteiger partial charge in [0.15, 0.2) is 0 Å². The number of hydrogen-bond acceptors (Lipinski definition) is 4. The van der Waals surface area contributed by atoms with Gasteiger partial charge < -0.3 is 10.0 Å². The highest BCUT2D eigenvalue weighted by Crippen LogP contribution is 2.24. The lowest BCUT2D eigenvalue weighted by molar-refractivity contribution is -0.385. The maximum absolute atomic E-state index is 10.7. The number of nitrogens with zero attached hydrogens (tertiary/aromatic N) is 2. The Labute approximate surface area is 99.8 Å². The van der Waals surface area contributed by atoms with Crippen LogP contribution in [0.4, 0.5) is 11.4 Å². The number of anilines is 1. The quantitative estimate of drug-likeness (QED) is 0.477. The highest BCUT2D eigenvalue weighted by Gasteiger charge is 2.14. The van der Waals surface area contributed by atoms with Crippen molar-refractivity contribution in [2.24, 2.45) is 0 Å². The van der Waals surface area contributed by atoms with Gasteiger partial charge in [-0.1, -0.05) is 5.92 Å². The fourth-order valence-corrected chi connectivity index (χ4v) is 1.57. The van der Waals surface area contributed by atoms with Crippen LogP contribution in [0, 0.1) is 22.5 Å². The molecule has 0 radical (unpaired) electrons. The van der Waals surface area contributed by atoms with Crippen molar-refractivity contribution in [1.29, 1.82) is 0 Å². The third kappa shape index (κ3) is 2.95.